The number of nitrogens with one attached hydrogen (secondary N) is 2. The van der Waals surface area contributed by atoms with E-state index >= 15 is 0 Å². The van der Waals surface area contributed by atoms with E-state index in [0.29, 0.717) is 23.7 Å². The third-order valence-corrected chi connectivity index (χ3v) is 4.20. The van der Waals surface area contributed by atoms with Gasteiger partial charge in [0.05, 0.1) is 0 Å². The molecule has 1 amide bonds. The van der Waals surface area contributed by atoms with E-state index in [1.54, 1.807) is 12.1 Å². The number of hydrogen-bond acceptors (Lipinski definition) is 3. The highest BCUT2D eigenvalue weighted by Gasteiger charge is 2.13. The van der Waals surface area contributed by atoms with Crippen LogP contribution in [0.1, 0.15) is 16.1 Å². The lowest BCUT2D eigenvalue weighted by atomic mass is 10.1. The fraction of sp³-hybridized carbons (Fsp3) is 0.167. The Kier molecular flexibility index (Phi) is 3.78. The molecule has 5 nitrogen and oxygen atoms in total. The molecule has 0 bridgehead atoms. The van der Waals surface area contributed by atoms with E-state index in [2.05, 4.69) is 10.3 Å². The molecule has 0 saturated heterocycles. The van der Waals surface area contributed by atoms with E-state index < -0.39 is 0 Å². The number of aromatic nitrogens is 1. The number of ether oxygens (including phenoxy) is 2. The Morgan fingerprint density at radius 3 is 2.92 bits per heavy atom. The highest BCUT2D eigenvalue weighted by molar-refractivity contribution is 6.31. The van der Waals surface area contributed by atoms with Crippen LogP contribution in [0.5, 0.6) is 11.5 Å². The molecule has 0 aliphatic carbocycles. The summed E-state index contributed by atoms with van der Waals surface area (Å²) in [5.41, 5.74) is 2.50. The van der Waals surface area contributed by atoms with Crippen molar-refractivity contribution in [3.63, 3.8) is 0 Å². The third-order valence-electron chi connectivity index (χ3n) is 3.96. The third kappa shape index (κ3) is 2.90. The molecule has 0 unspecified atom stereocenters. The van der Waals surface area contributed by atoms with Crippen molar-refractivity contribution in [1.29, 1.82) is 0 Å². The van der Waals surface area contributed by atoms with Crippen LogP contribution in [0.25, 0.3) is 10.9 Å². The fourth-order valence-corrected chi connectivity index (χ4v) is 2.92. The maximum atomic E-state index is 12.3. The molecule has 2 heterocycles. The molecule has 24 heavy (non-hydrogen) atoms. The van der Waals surface area contributed by atoms with Crippen LogP contribution in [0.3, 0.4) is 0 Å². The van der Waals surface area contributed by atoms with Crippen molar-refractivity contribution >= 4 is 28.4 Å². The second-order valence-electron chi connectivity index (χ2n) is 5.61. The van der Waals surface area contributed by atoms with Crippen LogP contribution in [0.4, 0.5) is 0 Å². The Balaban J connectivity index is 1.39. The lowest BCUT2D eigenvalue weighted by Crippen LogP contribution is -2.25. The van der Waals surface area contributed by atoms with Crippen molar-refractivity contribution in [2.75, 3.05) is 13.3 Å². The molecule has 1 aliphatic rings. The summed E-state index contributed by atoms with van der Waals surface area (Å²) in [7, 11) is 0. The van der Waals surface area contributed by atoms with E-state index in [1.165, 1.54) is 0 Å². The smallest absolute Gasteiger partial charge is 0.267 e. The second-order valence-corrected chi connectivity index (χ2v) is 6.04. The van der Waals surface area contributed by atoms with Gasteiger partial charge in [-0.25, -0.2) is 0 Å². The molecule has 0 spiro atoms. The zero-order chi connectivity index (χ0) is 16.5. The van der Waals surface area contributed by atoms with Gasteiger partial charge >= 0.3 is 0 Å². The molecule has 1 aliphatic heterocycles. The molecule has 1 aromatic heterocycles. The maximum Gasteiger partial charge on any atom is 0.267 e. The number of fused-ring (bicyclic) bond motifs is 2. The number of amides is 1. The van der Waals surface area contributed by atoms with Gasteiger partial charge in [0.15, 0.2) is 11.5 Å². The van der Waals surface area contributed by atoms with Crippen molar-refractivity contribution in [2.24, 2.45) is 0 Å². The zero-order valence-corrected chi connectivity index (χ0v) is 13.5. The number of aromatic amines is 1. The van der Waals surface area contributed by atoms with Crippen LogP contribution in [-0.2, 0) is 6.42 Å². The predicted octanol–water partition coefficient (Wildman–Crippen LogP) is 3.52. The Morgan fingerprint density at radius 1 is 1.12 bits per heavy atom. The molecule has 4 rings (SSSR count). The zero-order valence-electron chi connectivity index (χ0n) is 12.8. The molecule has 0 fully saturated rings. The molecule has 122 valence electrons. The van der Waals surface area contributed by atoms with Crippen LogP contribution in [0.15, 0.2) is 42.5 Å². The highest BCUT2D eigenvalue weighted by Crippen LogP contribution is 2.32. The Labute approximate surface area is 143 Å². The monoisotopic (exact) mass is 342 g/mol. The number of halogens is 1. The minimum atomic E-state index is -0.136. The average molecular weight is 343 g/mol. The minimum Gasteiger partial charge on any atom is -0.454 e. The van der Waals surface area contributed by atoms with E-state index in [1.807, 2.05) is 30.3 Å². The first-order valence-corrected chi connectivity index (χ1v) is 8.02. The minimum absolute atomic E-state index is 0.136. The van der Waals surface area contributed by atoms with Crippen molar-refractivity contribution in [3.05, 3.63) is 58.7 Å². The van der Waals surface area contributed by atoms with Gasteiger partial charge in [-0.05, 0) is 48.4 Å². The molecule has 2 N–H and O–H groups in total. The SMILES string of the molecule is O=C(NCCc1ccc2c(c1)OCO2)c1cc2cc(Cl)ccc2[nH]1. The summed E-state index contributed by atoms with van der Waals surface area (Å²) in [5.74, 6) is 1.38. The number of hydrogen-bond donors (Lipinski definition) is 2. The fourth-order valence-electron chi connectivity index (χ4n) is 2.74. The van der Waals surface area contributed by atoms with Crippen LogP contribution in [0.2, 0.25) is 5.02 Å². The van der Waals surface area contributed by atoms with Gasteiger partial charge in [-0.2, -0.15) is 0 Å². The van der Waals surface area contributed by atoms with Gasteiger partial charge in [0.2, 0.25) is 6.79 Å². The van der Waals surface area contributed by atoms with Crippen LogP contribution < -0.4 is 14.8 Å². The number of carbonyl (C=O) groups excluding carboxylic acids is 1. The molecular weight excluding hydrogens is 328 g/mol. The quantitative estimate of drug-likeness (QED) is 0.762. The number of benzene rings is 2. The Morgan fingerprint density at radius 2 is 2.00 bits per heavy atom. The molecular formula is C18H15ClN2O3. The van der Waals surface area contributed by atoms with Gasteiger partial charge in [-0.15, -0.1) is 0 Å². The van der Waals surface area contributed by atoms with Crippen LogP contribution in [-0.4, -0.2) is 24.2 Å². The topological polar surface area (TPSA) is 63.4 Å². The van der Waals surface area contributed by atoms with Gasteiger partial charge in [0.25, 0.3) is 5.91 Å². The van der Waals surface area contributed by atoms with Gasteiger partial charge in [0, 0.05) is 22.5 Å². The normalized spacial score (nSPS) is 12.5. The number of carbonyl (C=O) groups is 1. The molecule has 2 aromatic carbocycles. The maximum absolute atomic E-state index is 12.3. The van der Waals surface area contributed by atoms with Gasteiger partial charge < -0.3 is 19.8 Å². The molecule has 0 saturated carbocycles. The van der Waals surface area contributed by atoms with Gasteiger partial charge in [0.1, 0.15) is 5.69 Å². The predicted molar refractivity (Wildman–Crippen MR) is 91.9 cm³/mol. The van der Waals surface area contributed by atoms with E-state index in [4.69, 9.17) is 21.1 Å². The van der Waals surface area contributed by atoms with Gasteiger partial charge in [-0.1, -0.05) is 17.7 Å². The summed E-state index contributed by atoms with van der Waals surface area (Å²) in [6.45, 7) is 0.800. The molecule has 6 heteroatoms. The lowest BCUT2D eigenvalue weighted by Gasteiger charge is -2.05. The molecule has 3 aromatic rings. The van der Waals surface area contributed by atoms with Crippen LogP contribution >= 0.6 is 11.6 Å². The first-order valence-electron chi connectivity index (χ1n) is 7.64. The summed E-state index contributed by atoms with van der Waals surface area (Å²) in [5, 5.41) is 4.48. The van der Waals surface area contributed by atoms with Gasteiger partial charge in [-0.3, -0.25) is 4.79 Å². The van der Waals surface area contributed by atoms with E-state index in [9.17, 15) is 4.79 Å². The highest BCUT2D eigenvalue weighted by atomic mass is 35.5. The van der Waals surface area contributed by atoms with Crippen molar-refractivity contribution in [3.8, 4) is 11.5 Å². The summed E-state index contributed by atoms with van der Waals surface area (Å²) < 4.78 is 10.6. The largest absolute Gasteiger partial charge is 0.454 e. The Bertz CT molecular complexity index is 920. The summed E-state index contributed by atoms with van der Waals surface area (Å²) >= 11 is 5.97. The Hall–Kier alpha value is -2.66. The second kappa shape index (κ2) is 6.09. The van der Waals surface area contributed by atoms with Crippen molar-refractivity contribution < 1.29 is 14.3 Å². The number of rotatable bonds is 4. The average Bonchev–Trinajstić information content (AvgIpc) is 3.20. The molecule has 0 radical (unpaired) electrons. The number of H-pyrrole nitrogens is 1. The lowest BCUT2D eigenvalue weighted by molar-refractivity contribution is 0.0950. The summed E-state index contributed by atoms with van der Waals surface area (Å²) in [6, 6.07) is 13.1. The van der Waals surface area contributed by atoms with Crippen molar-refractivity contribution in [2.45, 2.75) is 6.42 Å². The summed E-state index contributed by atoms with van der Waals surface area (Å²) in [4.78, 5) is 15.4. The standard InChI is InChI=1S/C18H15ClN2O3/c19-13-2-3-14-12(8-13)9-15(21-14)18(22)20-6-5-11-1-4-16-17(7-11)24-10-23-16/h1-4,7-9,21H,5-6,10H2,(H,20,22). The molecule has 0 atom stereocenters. The van der Waals surface area contributed by atoms with E-state index in [-0.39, 0.29) is 12.7 Å². The van der Waals surface area contributed by atoms with E-state index in [0.717, 1.165) is 28.0 Å². The first kappa shape index (κ1) is 14.9. The first-order chi connectivity index (χ1) is 11.7. The van der Waals surface area contributed by atoms with Crippen molar-refractivity contribution in [1.82, 2.24) is 10.3 Å². The van der Waals surface area contributed by atoms with Crippen LogP contribution in [0, 0.1) is 0 Å². The summed E-state index contributed by atoms with van der Waals surface area (Å²) in [6.07, 6.45) is 0.717.